The maximum absolute atomic E-state index is 11.3. The van der Waals surface area contributed by atoms with Crippen molar-refractivity contribution in [1.29, 1.82) is 0 Å². The summed E-state index contributed by atoms with van der Waals surface area (Å²) in [6.45, 7) is 1.32. The van der Waals surface area contributed by atoms with Gasteiger partial charge in [0.2, 0.25) is 5.89 Å². The summed E-state index contributed by atoms with van der Waals surface area (Å²) < 4.78 is 5.50. The van der Waals surface area contributed by atoms with Gasteiger partial charge in [-0.3, -0.25) is 9.69 Å². The summed E-state index contributed by atoms with van der Waals surface area (Å²) in [5.74, 6) is -0.170. The molecule has 1 aromatic carbocycles. The van der Waals surface area contributed by atoms with Crippen LogP contribution in [0.25, 0.3) is 11.5 Å². The lowest BCUT2D eigenvalue weighted by Crippen LogP contribution is -2.44. The molecule has 0 radical (unpaired) electrons. The van der Waals surface area contributed by atoms with Gasteiger partial charge in [-0.1, -0.05) is 24.6 Å². The van der Waals surface area contributed by atoms with E-state index in [4.69, 9.17) is 4.42 Å². The molecule has 1 fully saturated rings. The summed E-state index contributed by atoms with van der Waals surface area (Å²) in [6.07, 6.45) is 4.34. The molecule has 0 amide bonds. The summed E-state index contributed by atoms with van der Waals surface area (Å²) >= 11 is 0. The summed E-state index contributed by atoms with van der Waals surface area (Å²) in [7, 11) is 0. The molecule has 5 nitrogen and oxygen atoms in total. The zero-order valence-electron chi connectivity index (χ0n) is 11.7. The van der Waals surface area contributed by atoms with E-state index in [-0.39, 0.29) is 0 Å². The molecule has 0 unspecified atom stereocenters. The SMILES string of the molecule is O=C(O)[C@@H]1CCCCN1Cc1coc(-c2ccccc2)n1. The second-order valence-electron chi connectivity index (χ2n) is 5.33. The number of nitrogens with zero attached hydrogens (tertiary/aromatic N) is 2. The van der Waals surface area contributed by atoms with Gasteiger partial charge < -0.3 is 9.52 Å². The van der Waals surface area contributed by atoms with Gasteiger partial charge >= 0.3 is 5.97 Å². The topological polar surface area (TPSA) is 66.6 Å². The van der Waals surface area contributed by atoms with Crippen molar-refractivity contribution in [2.75, 3.05) is 6.54 Å². The molecule has 1 saturated heterocycles. The van der Waals surface area contributed by atoms with E-state index in [1.54, 1.807) is 6.26 Å². The van der Waals surface area contributed by atoms with Gasteiger partial charge in [0.15, 0.2) is 0 Å². The van der Waals surface area contributed by atoms with Crippen molar-refractivity contribution < 1.29 is 14.3 Å². The largest absolute Gasteiger partial charge is 0.480 e. The fourth-order valence-corrected chi connectivity index (χ4v) is 2.76. The number of hydrogen-bond donors (Lipinski definition) is 1. The lowest BCUT2D eigenvalue weighted by atomic mass is 10.0. The molecule has 5 heteroatoms. The molecule has 1 N–H and O–H groups in total. The van der Waals surface area contributed by atoms with Gasteiger partial charge in [-0.2, -0.15) is 0 Å². The van der Waals surface area contributed by atoms with Gasteiger partial charge in [0.05, 0.1) is 5.69 Å². The fourth-order valence-electron chi connectivity index (χ4n) is 2.76. The predicted octanol–water partition coefficient (Wildman–Crippen LogP) is 2.78. The fraction of sp³-hybridized carbons (Fsp3) is 0.375. The molecular formula is C16H18N2O3. The van der Waals surface area contributed by atoms with E-state index in [1.807, 2.05) is 35.2 Å². The van der Waals surface area contributed by atoms with Crippen LogP contribution in [-0.4, -0.2) is 33.5 Å². The molecule has 2 aromatic rings. The number of oxazole rings is 1. The molecule has 0 saturated carbocycles. The molecule has 21 heavy (non-hydrogen) atoms. The molecular weight excluding hydrogens is 268 g/mol. The minimum absolute atomic E-state index is 0.407. The van der Waals surface area contributed by atoms with Gasteiger partial charge in [-0.15, -0.1) is 0 Å². The maximum atomic E-state index is 11.3. The third-order valence-corrected chi connectivity index (χ3v) is 3.84. The van der Waals surface area contributed by atoms with E-state index >= 15 is 0 Å². The van der Waals surface area contributed by atoms with Crippen LogP contribution in [0.5, 0.6) is 0 Å². The van der Waals surface area contributed by atoms with Crippen LogP contribution in [0.3, 0.4) is 0 Å². The van der Waals surface area contributed by atoms with Crippen LogP contribution in [0.2, 0.25) is 0 Å². The molecule has 1 aliphatic heterocycles. The molecule has 3 rings (SSSR count). The normalized spacial score (nSPS) is 19.5. The van der Waals surface area contributed by atoms with Crippen LogP contribution in [0, 0.1) is 0 Å². The van der Waals surface area contributed by atoms with Crippen LogP contribution in [-0.2, 0) is 11.3 Å². The summed E-state index contributed by atoms with van der Waals surface area (Å²) in [5.41, 5.74) is 1.71. The third-order valence-electron chi connectivity index (χ3n) is 3.84. The average Bonchev–Trinajstić information content (AvgIpc) is 2.97. The Kier molecular flexibility index (Phi) is 4.01. The predicted molar refractivity (Wildman–Crippen MR) is 77.6 cm³/mol. The van der Waals surface area contributed by atoms with Crippen molar-refractivity contribution in [1.82, 2.24) is 9.88 Å². The van der Waals surface area contributed by atoms with Crippen molar-refractivity contribution in [3.8, 4) is 11.5 Å². The first-order valence-corrected chi connectivity index (χ1v) is 7.21. The molecule has 0 bridgehead atoms. The van der Waals surface area contributed by atoms with Gasteiger partial charge in [-0.05, 0) is 31.5 Å². The quantitative estimate of drug-likeness (QED) is 0.936. The van der Waals surface area contributed by atoms with E-state index < -0.39 is 12.0 Å². The number of carboxylic acids is 1. The molecule has 110 valence electrons. The second kappa shape index (κ2) is 6.10. The van der Waals surface area contributed by atoms with Crippen LogP contribution in [0.1, 0.15) is 25.0 Å². The highest BCUT2D eigenvalue weighted by molar-refractivity contribution is 5.73. The van der Waals surface area contributed by atoms with Crippen molar-refractivity contribution >= 4 is 5.97 Å². The first-order chi connectivity index (χ1) is 10.2. The summed E-state index contributed by atoms with van der Waals surface area (Å²) in [6, 6.07) is 9.29. The number of hydrogen-bond acceptors (Lipinski definition) is 4. The van der Waals surface area contributed by atoms with Gasteiger partial charge in [-0.25, -0.2) is 4.98 Å². The second-order valence-corrected chi connectivity index (χ2v) is 5.33. The van der Waals surface area contributed by atoms with E-state index in [0.29, 0.717) is 18.9 Å². The zero-order chi connectivity index (χ0) is 14.7. The van der Waals surface area contributed by atoms with Crippen LogP contribution in [0.15, 0.2) is 41.0 Å². The van der Waals surface area contributed by atoms with Crippen molar-refractivity contribution in [2.45, 2.75) is 31.8 Å². The Balaban J connectivity index is 1.73. The number of piperidine rings is 1. The summed E-state index contributed by atoms with van der Waals surface area (Å²) in [5, 5.41) is 9.28. The number of aliphatic carboxylic acids is 1. The molecule has 1 aliphatic rings. The highest BCUT2D eigenvalue weighted by atomic mass is 16.4. The maximum Gasteiger partial charge on any atom is 0.320 e. The number of likely N-dealkylation sites (tertiary alicyclic amines) is 1. The van der Waals surface area contributed by atoms with E-state index in [9.17, 15) is 9.90 Å². The van der Waals surface area contributed by atoms with Crippen molar-refractivity contribution in [2.24, 2.45) is 0 Å². The number of aromatic nitrogens is 1. The Morgan fingerprint density at radius 3 is 2.90 bits per heavy atom. The van der Waals surface area contributed by atoms with Gasteiger partial charge in [0, 0.05) is 12.1 Å². The van der Waals surface area contributed by atoms with Gasteiger partial charge in [0.25, 0.3) is 0 Å². The molecule has 2 heterocycles. The highest BCUT2D eigenvalue weighted by Crippen LogP contribution is 2.22. The lowest BCUT2D eigenvalue weighted by molar-refractivity contribution is -0.144. The van der Waals surface area contributed by atoms with Crippen LogP contribution < -0.4 is 0 Å². The van der Waals surface area contributed by atoms with E-state index in [1.165, 1.54) is 0 Å². The Morgan fingerprint density at radius 2 is 2.14 bits per heavy atom. The Morgan fingerprint density at radius 1 is 1.33 bits per heavy atom. The Hall–Kier alpha value is -2.14. The van der Waals surface area contributed by atoms with E-state index in [2.05, 4.69) is 4.98 Å². The molecule has 1 aromatic heterocycles. The first kappa shape index (κ1) is 13.8. The smallest absolute Gasteiger partial charge is 0.320 e. The van der Waals surface area contributed by atoms with E-state index in [0.717, 1.165) is 30.6 Å². The lowest BCUT2D eigenvalue weighted by Gasteiger charge is -2.31. The van der Waals surface area contributed by atoms with Crippen molar-refractivity contribution in [3.63, 3.8) is 0 Å². The molecule has 1 atom stereocenters. The average molecular weight is 286 g/mol. The third kappa shape index (κ3) is 3.13. The van der Waals surface area contributed by atoms with Crippen molar-refractivity contribution in [3.05, 3.63) is 42.3 Å². The number of carbonyl (C=O) groups is 1. The first-order valence-electron chi connectivity index (χ1n) is 7.21. The van der Waals surface area contributed by atoms with Crippen LogP contribution >= 0.6 is 0 Å². The monoisotopic (exact) mass is 286 g/mol. The number of benzene rings is 1. The van der Waals surface area contributed by atoms with Crippen LogP contribution in [0.4, 0.5) is 0 Å². The Labute approximate surface area is 123 Å². The standard InChI is InChI=1S/C16H18N2O3/c19-16(20)14-8-4-5-9-18(14)10-13-11-21-15(17-13)12-6-2-1-3-7-12/h1-3,6-7,11,14H,4-5,8-10H2,(H,19,20)/t14-/m0/s1. The van der Waals surface area contributed by atoms with Gasteiger partial charge in [0.1, 0.15) is 12.3 Å². The minimum Gasteiger partial charge on any atom is -0.480 e. The number of carboxylic acid groups (broad SMARTS) is 1. The summed E-state index contributed by atoms with van der Waals surface area (Å²) in [4.78, 5) is 17.7. The molecule has 0 aliphatic carbocycles. The minimum atomic E-state index is -0.749. The Bertz CT molecular complexity index is 609. The highest BCUT2D eigenvalue weighted by Gasteiger charge is 2.28. The zero-order valence-corrected chi connectivity index (χ0v) is 11.7. The number of rotatable bonds is 4. The molecule has 0 spiro atoms.